The second kappa shape index (κ2) is 6.68. The molecule has 1 aliphatic rings. The number of para-hydroxylation sites is 1. The Kier molecular flexibility index (Phi) is 4.90. The van der Waals surface area contributed by atoms with Crippen LogP contribution in [0.4, 0.5) is 5.69 Å². The van der Waals surface area contributed by atoms with Gasteiger partial charge in [-0.3, -0.25) is 0 Å². The third kappa shape index (κ3) is 3.76. The molecule has 1 heteroatoms. The zero-order valence-electron chi connectivity index (χ0n) is 11.0. The maximum atomic E-state index is 3.69. The minimum atomic E-state index is 0.714. The van der Waals surface area contributed by atoms with Gasteiger partial charge < -0.3 is 5.32 Å². The Morgan fingerprint density at radius 1 is 1.12 bits per heavy atom. The van der Waals surface area contributed by atoms with Gasteiger partial charge in [-0.1, -0.05) is 57.2 Å². The van der Waals surface area contributed by atoms with Gasteiger partial charge >= 0.3 is 0 Å². The van der Waals surface area contributed by atoms with Gasteiger partial charge in [-0.15, -0.1) is 0 Å². The van der Waals surface area contributed by atoms with Crippen LogP contribution in [0.1, 0.15) is 57.4 Å². The highest BCUT2D eigenvalue weighted by atomic mass is 14.9. The number of unbranched alkanes of at least 4 members (excludes halogenated alkanes) is 4. The molecule has 0 spiro atoms. The molecule has 17 heavy (non-hydrogen) atoms. The van der Waals surface area contributed by atoms with Crippen LogP contribution in [0.5, 0.6) is 0 Å². The molecular formula is C16H25N. The van der Waals surface area contributed by atoms with Crippen molar-refractivity contribution in [3.8, 4) is 0 Å². The molecule has 0 aromatic heterocycles. The zero-order chi connectivity index (χ0) is 11.9. The third-order valence-corrected chi connectivity index (χ3v) is 3.80. The molecule has 0 unspecified atom stereocenters. The van der Waals surface area contributed by atoms with Gasteiger partial charge in [0.1, 0.15) is 0 Å². The standard InChI is InChI=1S/C16H25N/c1-2-3-4-5-6-10-15-13-12-14-9-7-8-11-16(14)17-15/h7-9,11,15,17H,2-6,10,12-13H2,1H3/t15-/m1/s1. The smallest absolute Gasteiger partial charge is 0.0374 e. The van der Waals surface area contributed by atoms with Gasteiger partial charge in [0.25, 0.3) is 0 Å². The summed E-state index contributed by atoms with van der Waals surface area (Å²) in [5.74, 6) is 0. The van der Waals surface area contributed by atoms with Gasteiger partial charge in [-0.25, -0.2) is 0 Å². The van der Waals surface area contributed by atoms with Crippen LogP contribution < -0.4 is 5.32 Å². The summed E-state index contributed by atoms with van der Waals surface area (Å²) in [4.78, 5) is 0. The molecular weight excluding hydrogens is 206 g/mol. The average Bonchev–Trinajstić information content (AvgIpc) is 2.38. The minimum Gasteiger partial charge on any atom is -0.382 e. The summed E-state index contributed by atoms with van der Waals surface area (Å²) >= 11 is 0. The number of anilines is 1. The van der Waals surface area contributed by atoms with Crippen molar-refractivity contribution in [1.29, 1.82) is 0 Å². The maximum Gasteiger partial charge on any atom is 0.0374 e. The van der Waals surface area contributed by atoms with Crippen molar-refractivity contribution in [3.05, 3.63) is 29.8 Å². The number of fused-ring (bicyclic) bond motifs is 1. The molecule has 0 radical (unpaired) electrons. The van der Waals surface area contributed by atoms with E-state index in [1.807, 2.05) is 0 Å². The summed E-state index contributed by atoms with van der Waals surface area (Å²) in [5.41, 5.74) is 2.87. The van der Waals surface area contributed by atoms with Gasteiger partial charge in [0, 0.05) is 11.7 Å². The summed E-state index contributed by atoms with van der Waals surface area (Å²) in [6, 6.07) is 9.46. The van der Waals surface area contributed by atoms with Crippen LogP contribution in [0, 0.1) is 0 Å². The summed E-state index contributed by atoms with van der Waals surface area (Å²) in [6.07, 6.45) is 10.9. The van der Waals surface area contributed by atoms with Crippen LogP contribution in [0.25, 0.3) is 0 Å². The van der Waals surface area contributed by atoms with Crippen LogP contribution in [-0.4, -0.2) is 6.04 Å². The van der Waals surface area contributed by atoms with Gasteiger partial charge in [0.15, 0.2) is 0 Å². The predicted molar refractivity (Wildman–Crippen MR) is 75.5 cm³/mol. The summed E-state index contributed by atoms with van der Waals surface area (Å²) in [6.45, 7) is 2.28. The molecule has 0 amide bonds. The number of hydrogen-bond donors (Lipinski definition) is 1. The van der Waals surface area contributed by atoms with E-state index in [0.29, 0.717) is 6.04 Å². The average molecular weight is 231 g/mol. The van der Waals surface area contributed by atoms with E-state index < -0.39 is 0 Å². The molecule has 94 valence electrons. The van der Waals surface area contributed by atoms with Crippen molar-refractivity contribution >= 4 is 5.69 Å². The van der Waals surface area contributed by atoms with E-state index in [-0.39, 0.29) is 0 Å². The van der Waals surface area contributed by atoms with E-state index in [2.05, 4.69) is 36.5 Å². The largest absolute Gasteiger partial charge is 0.382 e. The molecule has 1 nitrogen and oxygen atoms in total. The Morgan fingerprint density at radius 3 is 2.82 bits per heavy atom. The molecule has 1 N–H and O–H groups in total. The first-order chi connectivity index (χ1) is 8.40. The van der Waals surface area contributed by atoms with Crippen LogP contribution in [0.3, 0.4) is 0 Å². The third-order valence-electron chi connectivity index (χ3n) is 3.80. The van der Waals surface area contributed by atoms with Crippen LogP contribution in [0.2, 0.25) is 0 Å². The number of nitrogens with one attached hydrogen (secondary N) is 1. The first-order valence-corrected chi connectivity index (χ1v) is 7.24. The minimum absolute atomic E-state index is 0.714. The van der Waals surface area contributed by atoms with Gasteiger partial charge in [-0.05, 0) is 30.9 Å². The monoisotopic (exact) mass is 231 g/mol. The first kappa shape index (κ1) is 12.5. The fraction of sp³-hybridized carbons (Fsp3) is 0.625. The lowest BCUT2D eigenvalue weighted by Gasteiger charge is -2.27. The fourth-order valence-corrected chi connectivity index (χ4v) is 2.71. The van der Waals surface area contributed by atoms with E-state index in [0.717, 1.165) is 0 Å². The Morgan fingerprint density at radius 2 is 1.94 bits per heavy atom. The van der Waals surface area contributed by atoms with E-state index in [1.165, 1.54) is 62.6 Å². The SMILES string of the molecule is CCCCCCC[C@@H]1CCc2ccccc2N1. The van der Waals surface area contributed by atoms with Crippen LogP contribution in [0.15, 0.2) is 24.3 Å². The second-order valence-corrected chi connectivity index (χ2v) is 5.24. The lowest BCUT2D eigenvalue weighted by atomic mass is 9.94. The maximum absolute atomic E-state index is 3.69. The van der Waals surface area contributed by atoms with Crippen molar-refractivity contribution in [2.24, 2.45) is 0 Å². The molecule has 1 aliphatic heterocycles. The van der Waals surface area contributed by atoms with Crippen molar-refractivity contribution in [1.82, 2.24) is 0 Å². The highest BCUT2D eigenvalue weighted by Crippen LogP contribution is 2.26. The van der Waals surface area contributed by atoms with Crippen molar-refractivity contribution in [2.75, 3.05) is 5.32 Å². The quantitative estimate of drug-likeness (QED) is 0.695. The van der Waals surface area contributed by atoms with Gasteiger partial charge in [-0.2, -0.15) is 0 Å². The van der Waals surface area contributed by atoms with Crippen LogP contribution in [-0.2, 0) is 6.42 Å². The molecule has 0 saturated carbocycles. The van der Waals surface area contributed by atoms with Crippen molar-refractivity contribution < 1.29 is 0 Å². The number of benzene rings is 1. The molecule has 2 rings (SSSR count). The Bertz CT molecular complexity index is 332. The molecule has 1 atom stereocenters. The molecule has 1 aromatic carbocycles. The Hall–Kier alpha value is -0.980. The molecule has 0 aliphatic carbocycles. The van der Waals surface area contributed by atoms with E-state index in [9.17, 15) is 0 Å². The van der Waals surface area contributed by atoms with E-state index in [1.54, 1.807) is 0 Å². The molecule has 1 heterocycles. The van der Waals surface area contributed by atoms with E-state index >= 15 is 0 Å². The van der Waals surface area contributed by atoms with Gasteiger partial charge in [0.2, 0.25) is 0 Å². The predicted octanol–water partition coefficient (Wildman–Crippen LogP) is 4.77. The lowest BCUT2D eigenvalue weighted by molar-refractivity contribution is 0.529. The highest BCUT2D eigenvalue weighted by Gasteiger charge is 2.16. The Labute approximate surface area is 106 Å². The van der Waals surface area contributed by atoms with E-state index in [4.69, 9.17) is 0 Å². The molecule has 0 saturated heterocycles. The second-order valence-electron chi connectivity index (χ2n) is 5.24. The highest BCUT2D eigenvalue weighted by molar-refractivity contribution is 5.53. The first-order valence-electron chi connectivity index (χ1n) is 7.24. The summed E-state index contributed by atoms with van der Waals surface area (Å²) in [5, 5.41) is 3.69. The van der Waals surface area contributed by atoms with Gasteiger partial charge in [0.05, 0.1) is 0 Å². The normalized spacial score (nSPS) is 18.5. The van der Waals surface area contributed by atoms with Crippen molar-refractivity contribution in [3.63, 3.8) is 0 Å². The molecule has 0 fully saturated rings. The topological polar surface area (TPSA) is 12.0 Å². The zero-order valence-corrected chi connectivity index (χ0v) is 11.0. The Balaban J connectivity index is 1.71. The number of rotatable bonds is 6. The number of hydrogen-bond acceptors (Lipinski definition) is 1. The molecule has 0 bridgehead atoms. The lowest BCUT2D eigenvalue weighted by Crippen LogP contribution is -2.25. The summed E-state index contributed by atoms with van der Waals surface area (Å²) < 4.78 is 0. The number of aryl methyl sites for hydroxylation is 1. The van der Waals surface area contributed by atoms with Crippen molar-refractivity contribution in [2.45, 2.75) is 64.3 Å². The van der Waals surface area contributed by atoms with Crippen LogP contribution >= 0.6 is 0 Å². The fourth-order valence-electron chi connectivity index (χ4n) is 2.71. The molecule has 1 aromatic rings. The summed E-state index contributed by atoms with van der Waals surface area (Å²) in [7, 11) is 0.